The average molecular weight is 439 g/mol. The second-order valence-corrected chi connectivity index (χ2v) is 7.00. The second-order valence-electron chi connectivity index (χ2n) is 4.96. The number of aliphatic imine (C=N–C) groups is 1. The van der Waals surface area contributed by atoms with E-state index >= 15 is 0 Å². The van der Waals surface area contributed by atoms with Crippen molar-refractivity contribution in [3.63, 3.8) is 0 Å². The first-order chi connectivity index (χ1) is 9.99. The third-order valence-corrected chi connectivity index (χ3v) is 4.99. The standard InChI is InChI=1S/C15H25N3O2S.HI/c1-3-5-11-17-15(16)18-13(4-2)12-21(19,20)14-9-7-6-8-10-14;/h6-10,13H,3-5,11-12H2,1-2H3,(H3,16,17,18);1H. The molecule has 0 aliphatic rings. The van der Waals surface area contributed by atoms with Crippen molar-refractivity contribution >= 4 is 39.8 Å². The van der Waals surface area contributed by atoms with Crippen LogP contribution in [0.2, 0.25) is 0 Å². The predicted octanol–water partition coefficient (Wildman–Crippen LogP) is 2.56. The van der Waals surface area contributed by atoms with E-state index in [0.29, 0.717) is 23.8 Å². The maximum absolute atomic E-state index is 12.3. The molecular weight excluding hydrogens is 413 g/mol. The molecule has 1 rings (SSSR count). The van der Waals surface area contributed by atoms with Crippen molar-refractivity contribution in [2.45, 2.75) is 44.0 Å². The zero-order valence-electron chi connectivity index (χ0n) is 13.2. The van der Waals surface area contributed by atoms with Gasteiger partial charge in [-0.1, -0.05) is 38.5 Å². The van der Waals surface area contributed by atoms with Gasteiger partial charge in [0.15, 0.2) is 15.8 Å². The monoisotopic (exact) mass is 439 g/mol. The van der Waals surface area contributed by atoms with Gasteiger partial charge in [-0.2, -0.15) is 0 Å². The van der Waals surface area contributed by atoms with Crippen LogP contribution < -0.4 is 11.1 Å². The first-order valence-corrected chi connectivity index (χ1v) is 8.99. The molecule has 0 aromatic heterocycles. The predicted molar refractivity (Wildman–Crippen MR) is 103 cm³/mol. The fraction of sp³-hybridized carbons (Fsp3) is 0.533. The smallest absolute Gasteiger partial charge is 0.188 e. The quantitative estimate of drug-likeness (QED) is 0.282. The molecule has 0 aliphatic carbocycles. The Morgan fingerprint density at radius 2 is 1.91 bits per heavy atom. The maximum Gasteiger partial charge on any atom is 0.188 e. The van der Waals surface area contributed by atoms with Gasteiger partial charge in [-0.25, -0.2) is 8.42 Å². The highest BCUT2D eigenvalue weighted by atomic mass is 127. The van der Waals surface area contributed by atoms with E-state index in [1.165, 1.54) is 0 Å². The SMILES string of the molecule is CCCCN=C(N)NC(CC)CS(=O)(=O)c1ccccc1.I. The van der Waals surface area contributed by atoms with Crippen LogP contribution in [-0.2, 0) is 9.84 Å². The molecule has 0 saturated heterocycles. The molecule has 0 aliphatic heterocycles. The summed E-state index contributed by atoms with van der Waals surface area (Å²) in [5.41, 5.74) is 5.79. The number of nitrogens with one attached hydrogen (secondary N) is 1. The van der Waals surface area contributed by atoms with Crippen LogP contribution in [0.5, 0.6) is 0 Å². The fourth-order valence-electron chi connectivity index (χ4n) is 1.86. The Balaban J connectivity index is 0.00000441. The van der Waals surface area contributed by atoms with Crippen LogP contribution in [0.15, 0.2) is 40.2 Å². The molecule has 1 aromatic carbocycles. The molecule has 126 valence electrons. The van der Waals surface area contributed by atoms with Crippen LogP contribution in [0.1, 0.15) is 33.1 Å². The summed E-state index contributed by atoms with van der Waals surface area (Å²) < 4.78 is 24.6. The number of guanidine groups is 1. The normalized spacial score (nSPS) is 13.3. The Morgan fingerprint density at radius 3 is 2.45 bits per heavy atom. The second kappa shape index (κ2) is 10.8. The van der Waals surface area contributed by atoms with Crippen molar-refractivity contribution in [2.24, 2.45) is 10.7 Å². The van der Waals surface area contributed by atoms with Gasteiger partial charge in [0, 0.05) is 12.6 Å². The number of rotatable bonds is 8. The van der Waals surface area contributed by atoms with Crippen LogP contribution >= 0.6 is 24.0 Å². The topological polar surface area (TPSA) is 84.5 Å². The van der Waals surface area contributed by atoms with E-state index in [0.717, 1.165) is 12.8 Å². The summed E-state index contributed by atoms with van der Waals surface area (Å²) in [6.07, 6.45) is 2.69. The molecule has 1 aromatic rings. The molecule has 22 heavy (non-hydrogen) atoms. The number of hydrogen-bond donors (Lipinski definition) is 2. The minimum atomic E-state index is -3.32. The number of nitrogens with two attached hydrogens (primary N) is 1. The van der Waals surface area contributed by atoms with E-state index in [4.69, 9.17) is 5.73 Å². The first kappa shape index (κ1) is 21.2. The number of halogens is 1. The lowest BCUT2D eigenvalue weighted by molar-refractivity contribution is 0.571. The molecule has 3 N–H and O–H groups in total. The highest BCUT2D eigenvalue weighted by Gasteiger charge is 2.20. The highest BCUT2D eigenvalue weighted by molar-refractivity contribution is 14.0. The molecule has 0 saturated carbocycles. The van der Waals surface area contributed by atoms with Crippen LogP contribution in [0.3, 0.4) is 0 Å². The van der Waals surface area contributed by atoms with E-state index in [-0.39, 0.29) is 35.8 Å². The summed E-state index contributed by atoms with van der Waals surface area (Å²) in [6.45, 7) is 4.68. The van der Waals surface area contributed by atoms with E-state index in [1.807, 2.05) is 6.92 Å². The van der Waals surface area contributed by atoms with Gasteiger partial charge in [0.2, 0.25) is 0 Å². The van der Waals surface area contributed by atoms with Gasteiger partial charge in [0.1, 0.15) is 0 Å². The van der Waals surface area contributed by atoms with Crippen molar-refractivity contribution in [1.29, 1.82) is 0 Å². The zero-order chi connectivity index (χ0) is 15.7. The van der Waals surface area contributed by atoms with Crippen LogP contribution in [-0.4, -0.2) is 32.7 Å². The Labute approximate surface area is 150 Å². The molecule has 0 bridgehead atoms. The molecule has 0 fully saturated rings. The van der Waals surface area contributed by atoms with Crippen molar-refractivity contribution in [2.75, 3.05) is 12.3 Å². The van der Waals surface area contributed by atoms with Crippen molar-refractivity contribution < 1.29 is 8.42 Å². The van der Waals surface area contributed by atoms with Crippen LogP contribution in [0.25, 0.3) is 0 Å². The molecule has 0 spiro atoms. The molecule has 0 heterocycles. The Kier molecular flexibility index (Phi) is 10.4. The van der Waals surface area contributed by atoms with Gasteiger partial charge < -0.3 is 11.1 Å². The largest absolute Gasteiger partial charge is 0.370 e. The number of benzene rings is 1. The van der Waals surface area contributed by atoms with E-state index in [1.54, 1.807) is 30.3 Å². The van der Waals surface area contributed by atoms with E-state index < -0.39 is 9.84 Å². The van der Waals surface area contributed by atoms with Crippen molar-refractivity contribution in [3.05, 3.63) is 30.3 Å². The van der Waals surface area contributed by atoms with Gasteiger partial charge >= 0.3 is 0 Å². The lowest BCUT2D eigenvalue weighted by Crippen LogP contribution is -2.43. The summed E-state index contributed by atoms with van der Waals surface area (Å²) in [4.78, 5) is 4.53. The summed E-state index contributed by atoms with van der Waals surface area (Å²) in [6, 6.07) is 8.23. The first-order valence-electron chi connectivity index (χ1n) is 7.33. The van der Waals surface area contributed by atoms with Gasteiger partial charge in [-0.05, 0) is 25.0 Å². The number of nitrogens with zero attached hydrogens (tertiary/aromatic N) is 1. The van der Waals surface area contributed by atoms with Crippen LogP contribution in [0, 0.1) is 0 Å². The molecule has 7 heteroatoms. The number of sulfone groups is 1. The molecule has 0 amide bonds. The van der Waals surface area contributed by atoms with Gasteiger partial charge in [0.05, 0.1) is 10.6 Å². The Hall–Kier alpha value is -0.830. The fourth-order valence-corrected chi connectivity index (χ4v) is 3.48. The Bertz CT molecular complexity index is 547. The lowest BCUT2D eigenvalue weighted by Gasteiger charge is -2.17. The number of unbranched alkanes of at least 4 members (excludes halogenated alkanes) is 1. The van der Waals surface area contributed by atoms with Gasteiger partial charge in [0.25, 0.3) is 0 Å². The Morgan fingerprint density at radius 1 is 1.27 bits per heavy atom. The molecular formula is C15H26IN3O2S. The van der Waals surface area contributed by atoms with Crippen molar-refractivity contribution in [1.82, 2.24) is 5.32 Å². The third-order valence-electron chi connectivity index (χ3n) is 3.16. The highest BCUT2D eigenvalue weighted by Crippen LogP contribution is 2.12. The molecule has 1 atom stereocenters. The summed E-state index contributed by atoms with van der Waals surface area (Å²) >= 11 is 0. The lowest BCUT2D eigenvalue weighted by atomic mass is 10.3. The molecule has 1 unspecified atom stereocenters. The van der Waals surface area contributed by atoms with Crippen molar-refractivity contribution in [3.8, 4) is 0 Å². The minimum Gasteiger partial charge on any atom is -0.370 e. The third kappa shape index (κ3) is 7.44. The van der Waals surface area contributed by atoms with E-state index in [9.17, 15) is 8.42 Å². The molecule has 5 nitrogen and oxygen atoms in total. The van der Waals surface area contributed by atoms with Crippen LogP contribution in [0.4, 0.5) is 0 Å². The minimum absolute atomic E-state index is 0. The maximum atomic E-state index is 12.3. The average Bonchev–Trinajstić information content (AvgIpc) is 2.47. The molecule has 0 radical (unpaired) electrons. The van der Waals surface area contributed by atoms with Gasteiger partial charge in [-0.15, -0.1) is 24.0 Å². The number of hydrogen-bond acceptors (Lipinski definition) is 3. The zero-order valence-corrected chi connectivity index (χ0v) is 16.3. The van der Waals surface area contributed by atoms with E-state index in [2.05, 4.69) is 17.2 Å². The summed E-state index contributed by atoms with van der Waals surface area (Å²) in [5, 5.41) is 3.00. The summed E-state index contributed by atoms with van der Waals surface area (Å²) in [5.74, 6) is 0.330. The summed E-state index contributed by atoms with van der Waals surface area (Å²) in [7, 11) is -3.32. The van der Waals surface area contributed by atoms with Gasteiger partial charge in [-0.3, -0.25) is 4.99 Å².